The van der Waals surface area contributed by atoms with Crippen LogP contribution in [0.3, 0.4) is 0 Å². The molecule has 0 amide bonds. The maximum atomic E-state index is 12.9. The molecular weight excluding hydrogens is 382 g/mol. The largest absolute Gasteiger partial charge is 0.417 e. The Kier molecular flexibility index (Phi) is 4.69. The average molecular weight is 388 g/mol. The molecule has 1 aromatic rings. The second-order valence-electron chi connectivity index (χ2n) is 4.40. The topological polar surface area (TPSA) is 78.0 Å². The van der Waals surface area contributed by atoms with Gasteiger partial charge in [0.1, 0.15) is 17.3 Å². The van der Waals surface area contributed by atoms with Gasteiger partial charge in [-0.1, -0.05) is 11.6 Å². The monoisotopic (exact) mass is 387 g/mol. The Bertz CT molecular complexity index is 809. The van der Waals surface area contributed by atoms with Crippen LogP contribution >= 0.6 is 23.2 Å². The molecule has 124 valence electrons. The first-order chi connectivity index (χ1) is 10.6. The van der Waals surface area contributed by atoms with Crippen molar-refractivity contribution in [1.82, 2.24) is 9.78 Å². The van der Waals surface area contributed by atoms with E-state index < -0.39 is 43.2 Å². The van der Waals surface area contributed by atoms with E-state index >= 15 is 0 Å². The third-order valence-electron chi connectivity index (χ3n) is 2.96. The van der Waals surface area contributed by atoms with Gasteiger partial charge in [-0.25, -0.2) is 8.89 Å². The van der Waals surface area contributed by atoms with Crippen molar-refractivity contribution in [3.05, 3.63) is 38.7 Å². The Labute approximate surface area is 140 Å². The zero-order valence-corrected chi connectivity index (χ0v) is 13.4. The number of alkyl halides is 4. The van der Waals surface area contributed by atoms with Crippen molar-refractivity contribution >= 4 is 50.7 Å². The SMILES string of the molecule is Cc1nn(C2=C(Cl)C=C(C(F)(F)F)C(=S=O)C2Cl)cc1[N+](=O)[O-]. The van der Waals surface area contributed by atoms with E-state index in [2.05, 4.69) is 5.10 Å². The highest BCUT2D eigenvalue weighted by atomic mass is 35.5. The maximum Gasteiger partial charge on any atom is 0.417 e. The van der Waals surface area contributed by atoms with Gasteiger partial charge in [0.25, 0.3) is 0 Å². The van der Waals surface area contributed by atoms with Crippen LogP contribution in [0.4, 0.5) is 18.9 Å². The van der Waals surface area contributed by atoms with Gasteiger partial charge < -0.3 is 0 Å². The summed E-state index contributed by atoms with van der Waals surface area (Å²) in [5, 5.41) is 12.7. The van der Waals surface area contributed by atoms with E-state index in [1.165, 1.54) is 6.92 Å². The van der Waals surface area contributed by atoms with Crippen molar-refractivity contribution in [1.29, 1.82) is 0 Å². The summed E-state index contributed by atoms with van der Waals surface area (Å²) >= 11 is 11.4. The van der Waals surface area contributed by atoms with Gasteiger partial charge in [-0.05, 0) is 13.0 Å². The first-order valence-electron chi connectivity index (χ1n) is 5.78. The predicted octanol–water partition coefficient (Wildman–Crippen LogP) is 3.00. The van der Waals surface area contributed by atoms with Crippen LogP contribution in [0.2, 0.25) is 0 Å². The minimum absolute atomic E-state index is 0.0257. The molecular formula is C11H6Cl2F3N3O3S. The zero-order chi connectivity index (χ0) is 17.5. The van der Waals surface area contributed by atoms with Crippen molar-refractivity contribution in [3.63, 3.8) is 0 Å². The highest BCUT2D eigenvalue weighted by molar-refractivity contribution is 7.67. The lowest BCUT2D eigenvalue weighted by Crippen LogP contribution is -2.32. The van der Waals surface area contributed by atoms with Crippen molar-refractivity contribution in [2.45, 2.75) is 18.5 Å². The normalized spacial score (nSPS) is 19.0. The minimum Gasteiger partial charge on any atom is -0.258 e. The predicted molar refractivity (Wildman–Crippen MR) is 79.6 cm³/mol. The van der Waals surface area contributed by atoms with E-state index in [1.807, 2.05) is 0 Å². The van der Waals surface area contributed by atoms with E-state index in [-0.39, 0.29) is 17.1 Å². The standard InChI is InChI=1S/C11H6Cl2F3N3O3S/c1-4-7(19(20)21)3-18(17-4)9-6(12)2-5(11(14,15)16)10(23-22)8(9)13/h2-3,8H,1H3. The molecule has 1 aromatic heterocycles. The van der Waals surface area contributed by atoms with Gasteiger partial charge in [0, 0.05) is 0 Å². The summed E-state index contributed by atoms with van der Waals surface area (Å²) in [6, 6.07) is 0. The molecule has 0 spiro atoms. The molecule has 2 rings (SSSR count). The van der Waals surface area contributed by atoms with Gasteiger partial charge in [-0.2, -0.15) is 18.3 Å². The van der Waals surface area contributed by atoms with Crippen LogP contribution < -0.4 is 0 Å². The second-order valence-corrected chi connectivity index (χ2v) is 5.85. The summed E-state index contributed by atoms with van der Waals surface area (Å²) in [6.07, 6.45) is -3.28. The third-order valence-corrected chi connectivity index (χ3v) is 4.46. The molecule has 0 N–H and O–H groups in total. The summed E-state index contributed by atoms with van der Waals surface area (Å²) in [5.74, 6) is 0. The Morgan fingerprint density at radius 3 is 2.52 bits per heavy atom. The zero-order valence-electron chi connectivity index (χ0n) is 11.1. The molecule has 1 heterocycles. The molecule has 1 aliphatic carbocycles. The number of allylic oxidation sites excluding steroid dienone is 4. The molecule has 0 saturated carbocycles. The quantitative estimate of drug-likeness (QED) is 0.338. The highest BCUT2D eigenvalue weighted by Gasteiger charge is 2.43. The van der Waals surface area contributed by atoms with E-state index in [1.54, 1.807) is 0 Å². The Balaban J connectivity index is 2.67. The lowest BCUT2D eigenvalue weighted by molar-refractivity contribution is -0.385. The molecule has 1 unspecified atom stereocenters. The summed E-state index contributed by atoms with van der Waals surface area (Å²) in [6.45, 7) is 1.35. The van der Waals surface area contributed by atoms with Crippen molar-refractivity contribution in [2.24, 2.45) is 0 Å². The fourth-order valence-electron chi connectivity index (χ4n) is 1.94. The van der Waals surface area contributed by atoms with Crippen molar-refractivity contribution in [3.8, 4) is 0 Å². The average Bonchev–Trinajstić information content (AvgIpc) is 2.79. The fraction of sp³-hybridized carbons (Fsp3) is 0.273. The van der Waals surface area contributed by atoms with Crippen LogP contribution in [-0.2, 0) is 11.3 Å². The minimum atomic E-state index is -4.81. The van der Waals surface area contributed by atoms with Crippen LogP contribution in [0.25, 0.3) is 5.70 Å². The van der Waals surface area contributed by atoms with E-state index in [4.69, 9.17) is 23.2 Å². The van der Waals surface area contributed by atoms with E-state index in [0.29, 0.717) is 6.08 Å². The van der Waals surface area contributed by atoms with Gasteiger partial charge >= 0.3 is 11.9 Å². The van der Waals surface area contributed by atoms with E-state index in [9.17, 15) is 27.5 Å². The molecule has 12 heteroatoms. The fourth-order valence-corrected chi connectivity index (χ4v) is 3.21. The Morgan fingerprint density at radius 1 is 1.48 bits per heavy atom. The Hall–Kier alpha value is -1.65. The number of hydrogen-bond acceptors (Lipinski definition) is 4. The number of aromatic nitrogens is 2. The first-order valence-corrected chi connectivity index (χ1v) is 7.34. The molecule has 6 nitrogen and oxygen atoms in total. The van der Waals surface area contributed by atoms with Crippen LogP contribution in [0, 0.1) is 17.0 Å². The number of hydrogen-bond donors (Lipinski definition) is 0. The molecule has 0 bridgehead atoms. The second kappa shape index (κ2) is 6.10. The molecule has 0 fully saturated rings. The maximum absolute atomic E-state index is 12.9. The number of nitrogens with zero attached hydrogens (tertiary/aromatic N) is 3. The molecule has 1 aliphatic rings. The third kappa shape index (κ3) is 3.19. The van der Waals surface area contributed by atoms with Gasteiger partial charge in [-0.3, -0.25) is 10.1 Å². The summed E-state index contributed by atoms with van der Waals surface area (Å²) in [7, 11) is 0. The Morgan fingerprint density at radius 2 is 2.09 bits per heavy atom. The molecule has 23 heavy (non-hydrogen) atoms. The van der Waals surface area contributed by atoms with Crippen molar-refractivity contribution in [2.75, 3.05) is 0 Å². The summed E-state index contributed by atoms with van der Waals surface area (Å²) in [5.41, 5.74) is -1.73. The lowest BCUT2D eigenvalue weighted by Gasteiger charge is -2.23. The van der Waals surface area contributed by atoms with Crippen LogP contribution in [0.5, 0.6) is 0 Å². The number of rotatable bonds is 2. The van der Waals surface area contributed by atoms with E-state index in [0.717, 1.165) is 10.9 Å². The highest BCUT2D eigenvalue weighted by Crippen LogP contribution is 2.38. The summed E-state index contributed by atoms with van der Waals surface area (Å²) < 4.78 is 50.8. The van der Waals surface area contributed by atoms with Crippen LogP contribution in [0.15, 0.2) is 22.9 Å². The number of aryl methyl sites for hydroxylation is 1. The van der Waals surface area contributed by atoms with Gasteiger partial charge in [0.05, 0.1) is 37.3 Å². The van der Waals surface area contributed by atoms with Crippen LogP contribution in [-0.4, -0.2) is 35.3 Å². The van der Waals surface area contributed by atoms with Crippen LogP contribution in [0.1, 0.15) is 5.69 Å². The molecule has 0 saturated heterocycles. The number of halogens is 5. The van der Waals surface area contributed by atoms with Gasteiger partial charge in [0.15, 0.2) is 0 Å². The molecule has 0 aromatic carbocycles. The van der Waals surface area contributed by atoms with Gasteiger partial charge in [-0.15, -0.1) is 11.6 Å². The summed E-state index contributed by atoms with van der Waals surface area (Å²) in [4.78, 5) is 9.43. The molecule has 0 radical (unpaired) electrons. The molecule has 1 atom stereocenters. The number of nitro groups is 1. The smallest absolute Gasteiger partial charge is 0.258 e. The van der Waals surface area contributed by atoms with Crippen molar-refractivity contribution < 1.29 is 22.3 Å². The lowest BCUT2D eigenvalue weighted by atomic mass is 10.0. The first kappa shape index (κ1) is 17.7. The van der Waals surface area contributed by atoms with Gasteiger partial charge in [0.2, 0.25) is 0 Å². The molecule has 0 aliphatic heterocycles.